The van der Waals surface area contributed by atoms with Crippen molar-refractivity contribution in [3.63, 3.8) is 0 Å². The second-order valence-corrected chi connectivity index (χ2v) is 6.95. The van der Waals surface area contributed by atoms with Gasteiger partial charge in [0.1, 0.15) is 5.01 Å². The summed E-state index contributed by atoms with van der Waals surface area (Å²) in [7, 11) is 3.92. The first-order valence-corrected chi connectivity index (χ1v) is 8.30. The molecule has 19 heavy (non-hydrogen) atoms. The van der Waals surface area contributed by atoms with Crippen molar-refractivity contribution in [1.29, 1.82) is 0 Å². The third-order valence-electron chi connectivity index (χ3n) is 4.85. The van der Waals surface area contributed by atoms with Gasteiger partial charge in [0.2, 0.25) is 0 Å². The molecule has 3 rings (SSSR count). The molecule has 0 amide bonds. The van der Waals surface area contributed by atoms with Crippen molar-refractivity contribution < 1.29 is 4.74 Å². The zero-order valence-corrected chi connectivity index (χ0v) is 12.8. The molecule has 1 aromatic heterocycles. The molecular formula is C15H24N2OS. The fourth-order valence-electron chi connectivity index (χ4n) is 3.45. The molecule has 0 aliphatic heterocycles. The molecule has 0 radical (unpaired) electrons. The average Bonchev–Trinajstić information content (AvgIpc) is 2.92. The number of thiazole rings is 1. The van der Waals surface area contributed by atoms with Crippen LogP contribution in [0.5, 0.6) is 0 Å². The van der Waals surface area contributed by atoms with Gasteiger partial charge in [-0.25, -0.2) is 4.98 Å². The first kappa shape index (κ1) is 13.5. The molecule has 0 saturated heterocycles. The van der Waals surface area contributed by atoms with E-state index in [1.807, 2.05) is 18.4 Å². The Hall–Kier alpha value is -0.450. The van der Waals surface area contributed by atoms with E-state index in [0.29, 0.717) is 6.10 Å². The fraction of sp³-hybridized carbons (Fsp3) is 0.800. The van der Waals surface area contributed by atoms with E-state index >= 15 is 0 Å². The Morgan fingerprint density at radius 2 is 2.00 bits per heavy atom. The van der Waals surface area contributed by atoms with E-state index < -0.39 is 0 Å². The van der Waals surface area contributed by atoms with Crippen molar-refractivity contribution in [3.8, 4) is 0 Å². The van der Waals surface area contributed by atoms with Gasteiger partial charge in [0.05, 0.1) is 17.3 Å². The maximum Gasteiger partial charge on any atom is 0.113 e. The Labute approximate surface area is 119 Å². The minimum absolute atomic E-state index is 0.108. The van der Waals surface area contributed by atoms with Gasteiger partial charge in [0, 0.05) is 12.0 Å². The summed E-state index contributed by atoms with van der Waals surface area (Å²) in [6.07, 6.45) is 10.1. The van der Waals surface area contributed by atoms with E-state index in [9.17, 15) is 0 Å². The number of hydrogen-bond acceptors (Lipinski definition) is 4. The Bertz CT molecular complexity index is 412. The number of nitrogens with one attached hydrogen (secondary N) is 1. The fourth-order valence-corrected chi connectivity index (χ4v) is 4.85. The van der Waals surface area contributed by atoms with Crippen molar-refractivity contribution >= 4 is 11.3 Å². The predicted octanol–water partition coefficient (Wildman–Crippen LogP) is 3.03. The largest absolute Gasteiger partial charge is 0.381 e. The molecule has 1 fully saturated rings. The molecule has 4 heteroatoms. The SMILES string of the molecule is CNC1(c2nc3c(s2)CCCC3)CCC(OC)CC1. The van der Waals surface area contributed by atoms with E-state index in [1.165, 1.54) is 36.4 Å². The first-order valence-electron chi connectivity index (χ1n) is 7.48. The number of fused-ring (bicyclic) bond motifs is 1. The lowest BCUT2D eigenvalue weighted by Crippen LogP contribution is -2.44. The second-order valence-electron chi connectivity index (χ2n) is 5.86. The van der Waals surface area contributed by atoms with Gasteiger partial charge in [0.15, 0.2) is 0 Å². The minimum atomic E-state index is 0.108. The smallest absolute Gasteiger partial charge is 0.113 e. The number of rotatable bonds is 3. The van der Waals surface area contributed by atoms with Crippen molar-refractivity contribution in [2.45, 2.75) is 63.0 Å². The van der Waals surface area contributed by atoms with Crippen LogP contribution in [0.15, 0.2) is 0 Å². The molecule has 106 valence electrons. The van der Waals surface area contributed by atoms with E-state index in [4.69, 9.17) is 9.72 Å². The summed E-state index contributed by atoms with van der Waals surface area (Å²) < 4.78 is 5.50. The number of aryl methyl sites for hydroxylation is 2. The van der Waals surface area contributed by atoms with Crippen molar-refractivity contribution in [2.75, 3.05) is 14.2 Å². The summed E-state index contributed by atoms with van der Waals surface area (Å²) in [5, 5.41) is 4.91. The number of ether oxygens (including phenoxy) is 1. The normalized spacial score (nSPS) is 31.2. The third kappa shape index (κ3) is 2.46. The van der Waals surface area contributed by atoms with Crippen LogP contribution in [0.2, 0.25) is 0 Å². The summed E-state index contributed by atoms with van der Waals surface area (Å²) >= 11 is 1.96. The molecule has 1 heterocycles. The Balaban J connectivity index is 1.84. The van der Waals surface area contributed by atoms with Gasteiger partial charge in [-0.3, -0.25) is 0 Å². The summed E-state index contributed by atoms with van der Waals surface area (Å²) in [5.41, 5.74) is 1.49. The van der Waals surface area contributed by atoms with E-state index in [-0.39, 0.29) is 5.54 Å². The summed E-state index contributed by atoms with van der Waals surface area (Å²) in [6.45, 7) is 0. The highest BCUT2D eigenvalue weighted by Crippen LogP contribution is 2.41. The molecule has 2 aliphatic carbocycles. The summed E-state index contributed by atoms with van der Waals surface area (Å²) in [5.74, 6) is 0. The lowest BCUT2D eigenvalue weighted by atomic mass is 9.81. The van der Waals surface area contributed by atoms with Crippen LogP contribution in [-0.4, -0.2) is 25.2 Å². The lowest BCUT2D eigenvalue weighted by molar-refractivity contribution is 0.0422. The Kier molecular flexibility index (Phi) is 3.92. The molecule has 1 N–H and O–H groups in total. The molecule has 0 unspecified atom stereocenters. The van der Waals surface area contributed by atoms with Crippen LogP contribution in [0.4, 0.5) is 0 Å². The number of nitrogens with zero attached hydrogens (tertiary/aromatic N) is 1. The standard InChI is InChI=1S/C15H24N2OS/c1-16-15(9-7-11(18-2)8-10-15)14-17-12-5-3-4-6-13(12)19-14/h11,16H,3-10H2,1-2H3. The predicted molar refractivity (Wildman–Crippen MR) is 78.8 cm³/mol. The zero-order chi connectivity index (χ0) is 13.3. The van der Waals surface area contributed by atoms with Crippen LogP contribution in [0.25, 0.3) is 0 Å². The van der Waals surface area contributed by atoms with Crippen molar-refractivity contribution in [1.82, 2.24) is 10.3 Å². The molecule has 0 spiro atoms. The molecule has 0 bridgehead atoms. The maximum atomic E-state index is 5.50. The monoisotopic (exact) mass is 280 g/mol. The van der Waals surface area contributed by atoms with E-state index in [2.05, 4.69) is 12.4 Å². The van der Waals surface area contributed by atoms with E-state index in [1.54, 1.807) is 4.88 Å². The highest BCUT2D eigenvalue weighted by molar-refractivity contribution is 7.11. The van der Waals surface area contributed by atoms with Gasteiger partial charge in [-0.1, -0.05) is 0 Å². The second kappa shape index (κ2) is 5.51. The first-order chi connectivity index (χ1) is 9.27. The van der Waals surface area contributed by atoms with Gasteiger partial charge in [-0.05, 0) is 58.4 Å². The quantitative estimate of drug-likeness (QED) is 0.924. The van der Waals surface area contributed by atoms with Crippen molar-refractivity contribution in [2.24, 2.45) is 0 Å². The molecule has 3 nitrogen and oxygen atoms in total. The number of aromatic nitrogens is 1. The molecule has 2 aliphatic rings. The minimum Gasteiger partial charge on any atom is -0.381 e. The molecule has 1 saturated carbocycles. The Morgan fingerprint density at radius 3 is 2.63 bits per heavy atom. The molecular weight excluding hydrogens is 256 g/mol. The zero-order valence-electron chi connectivity index (χ0n) is 12.0. The maximum absolute atomic E-state index is 5.50. The molecule has 0 aromatic carbocycles. The number of hydrogen-bond donors (Lipinski definition) is 1. The summed E-state index contributed by atoms with van der Waals surface area (Å²) in [6, 6.07) is 0. The highest BCUT2D eigenvalue weighted by Gasteiger charge is 2.38. The van der Waals surface area contributed by atoms with Crippen molar-refractivity contribution in [3.05, 3.63) is 15.6 Å². The van der Waals surface area contributed by atoms with Crippen LogP contribution in [0.1, 0.15) is 54.1 Å². The third-order valence-corrected chi connectivity index (χ3v) is 6.21. The van der Waals surface area contributed by atoms with Gasteiger partial charge in [0.25, 0.3) is 0 Å². The van der Waals surface area contributed by atoms with Crippen LogP contribution in [0, 0.1) is 0 Å². The average molecular weight is 280 g/mol. The van der Waals surface area contributed by atoms with Gasteiger partial charge in [-0.15, -0.1) is 11.3 Å². The van der Waals surface area contributed by atoms with Crippen LogP contribution >= 0.6 is 11.3 Å². The Morgan fingerprint density at radius 1 is 1.26 bits per heavy atom. The van der Waals surface area contributed by atoms with Crippen LogP contribution in [0.3, 0.4) is 0 Å². The molecule has 0 atom stereocenters. The molecule has 1 aromatic rings. The van der Waals surface area contributed by atoms with Gasteiger partial charge in [-0.2, -0.15) is 0 Å². The van der Waals surface area contributed by atoms with Gasteiger partial charge >= 0.3 is 0 Å². The van der Waals surface area contributed by atoms with Crippen LogP contribution < -0.4 is 5.32 Å². The van der Waals surface area contributed by atoms with Gasteiger partial charge < -0.3 is 10.1 Å². The topological polar surface area (TPSA) is 34.2 Å². The number of methoxy groups -OCH3 is 1. The highest BCUT2D eigenvalue weighted by atomic mass is 32.1. The lowest BCUT2D eigenvalue weighted by Gasteiger charge is -2.38. The summed E-state index contributed by atoms with van der Waals surface area (Å²) in [4.78, 5) is 6.53. The van der Waals surface area contributed by atoms with E-state index in [0.717, 1.165) is 25.7 Å². The van der Waals surface area contributed by atoms with Crippen LogP contribution in [-0.2, 0) is 23.1 Å².